The van der Waals surface area contributed by atoms with Crippen LogP contribution in [-0.2, 0) is 4.79 Å². The maximum absolute atomic E-state index is 12.2. The molecule has 118 valence electrons. The average molecular weight is 321 g/mol. The lowest BCUT2D eigenvalue weighted by Gasteiger charge is -2.11. The van der Waals surface area contributed by atoms with Gasteiger partial charge in [-0.1, -0.05) is 6.07 Å². The van der Waals surface area contributed by atoms with Crippen LogP contribution in [-0.4, -0.2) is 12.1 Å². The van der Waals surface area contributed by atoms with E-state index in [-0.39, 0.29) is 22.7 Å². The largest absolute Gasteiger partial charge is 0.471 e. The first-order valence-electron chi connectivity index (χ1n) is 6.25. The number of hydrogen-bond acceptors (Lipinski definition) is 4. The minimum Gasteiger partial charge on any atom is -0.456 e. The van der Waals surface area contributed by atoms with Gasteiger partial charge in [-0.3, -0.25) is 4.79 Å². The number of anilines is 2. The van der Waals surface area contributed by atoms with Gasteiger partial charge in [0.15, 0.2) is 0 Å². The fourth-order valence-electron chi connectivity index (χ4n) is 1.69. The Hall–Kier alpha value is -3.21. The second-order valence-electron chi connectivity index (χ2n) is 4.45. The number of nitriles is 1. The molecule has 0 unspecified atom stereocenters. The van der Waals surface area contributed by atoms with Crippen molar-refractivity contribution >= 4 is 17.3 Å². The zero-order valence-corrected chi connectivity index (χ0v) is 11.5. The zero-order chi connectivity index (χ0) is 17.0. The number of nitrogens with one attached hydrogen (secondary N) is 1. The van der Waals surface area contributed by atoms with E-state index in [2.05, 4.69) is 0 Å². The van der Waals surface area contributed by atoms with Crippen LogP contribution in [0, 0.1) is 11.3 Å². The SMILES string of the molecule is N#Cc1cc(N)ccc1Oc1cccc(NC(=O)C(F)(F)F)c1. The molecule has 2 aromatic carbocycles. The predicted molar refractivity (Wildman–Crippen MR) is 76.8 cm³/mol. The van der Waals surface area contributed by atoms with Crippen LogP contribution in [0.25, 0.3) is 0 Å². The molecule has 2 aromatic rings. The van der Waals surface area contributed by atoms with Gasteiger partial charge < -0.3 is 15.8 Å². The van der Waals surface area contributed by atoms with E-state index in [1.165, 1.54) is 42.5 Å². The molecule has 0 aliphatic carbocycles. The number of amides is 1. The molecular weight excluding hydrogens is 311 g/mol. The maximum Gasteiger partial charge on any atom is 0.471 e. The summed E-state index contributed by atoms with van der Waals surface area (Å²) in [4.78, 5) is 10.9. The van der Waals surface area contributed by atoms with Crippen molar-refractivity contribution in [3.05, 3.63) is 48.0 Å². The second kappa shape index (κ2) is 6.27. The molecule has 3 N–H and O–H groups in total. The van der Waals surface area contributed by atoms with E-state index in [1.54, 1.807) is 5.32 Å². The summed E-state index contributed by atoms with van der Waals surface area (Å²) >= 11 is 0. The van der Waals surface area contributed by atoms with Gasteiger partial charge in [0.1, 0.15) is 17.6 Å². The molecule has 0 aliphatic heterocycles. The standard InChI is InChI=1S/C15H10F3N3O2/c16-15(17,18)14(22)21-11-2-1-3-12(7-11)23-13-5-4-10(20)6-9(13)8-19/h1-7H,20H2,(H,21,22). The highest BCUT2D eigenvalue weighted by molar-refractivity contribution is 5.95. The van der Waals surface area contributed by atoms with Crippen molar-refractivity contribution in [2.45, 2.75) is 6.18 Å². The van der Waals surface area contributed by atoms with Crippen LogP contribution in [0.5, 0.6) is 11.5 Å². The summed E-state index contributed by atoms with van der Waals surface area (Å²) in [6.07, 6.45) is -4.98. The van der Waals surface area contributed by atoms with Crippen LogP contribution in [0.1, 0.15) is 5.56 Å². The van der Waals surface area contributed by atoms with E-state index in [0.29, 0.717) is 5.69 Å². The number of carbonyl (C=O) groups is 1. The van der Waals surface area contributed by atoms with Crippen molar-refractivity contribution in [3.63, 3.8) is 0 Å². The zero-order valence-electron chi connectivity index (χ0n) is 11.5. The summed E-state index contributed by atoms with van der Waals surface area (Å²) in [5, 5.41) is 10.7. The van der Waals surface area contributed by atoms with Gasteiger partial charge in [0.05, 0.1) is 5.56 Å². The van der Waals surface area contributed by atoms with E-state index in [9.17, 15) is 18.0 Å². The van der Waals surface area contributed by atoms with Gasteiger partial charge in [-0.2, -0.15) is 18.4 Å². The molecule has 0 aliphatic rings. The van der Waals surface area contributed by atoms with Crippen molar-refractivity contribution in [2.24, 2.45) is 0 Å². The minimum atomic E-state index is -4.98. The Balaban J connectivity index is 2.21. The lowest BCUT2D eigenvalue weighted by molar-refractivity contribution is -0.167. The number of halogens is 3. The highest BCUT2D eigenvalue weighted by atomic mass is 19.4. The number of hydrogen-bond donors (Lipinski definition) is 2. The third kappa shape index (κ3) is 4.14. The number of benzene rings is 2. The average Bonchev–Trinajstić information content (AvgIpc) is 2.48. The van der Waals surface area contributed by atoms with Crippen LogP contribution in [0.2, 0.25) is 0 Å². The molecule has 2 rings (SSSR count). The molecule has 0 fully saturated rings. The van der Waals surface area contributed by atoms with Gasteiger partial charge in [-0.15, -0.1) is 0 Å². The van der Waals surface area contributed by atoms with E-state index < -0.39 is 12.1 Å². The number of alkyl halides is 3. The Morgan fingerprint density at radius 3 is 2.61 bits per heavy atom. The van der Waals surface area contributed by atoms with Crippen LogP contribution in [0.3, 0.4) is 0 Å². The van der Waals surface area contributed by atoms with Gasteiger partial charge in [-0.25, -0.2) is 0 Å². The first-order valence-corrected chi connectivity index (χ1v) is 6.25. The second-order valence-corrected chi connectivity index (χ2v) is 4.45. The molecule has 23 heavy (non-hydrogen) atoms. The third-order valence-corrected chi connectivity index (χ3v) is 2.70. The fraction of sp³-hybridized carbons (Fsp3) is 0.0667. The molecular formula is C15H10F3N3O2. The van der Waals surface area contributed by atoms with Crippen LogP contribution >= 0.6 is 0 Å². The summed E-state index contributed by atoms with van der Waals surface area (Å²) in [5.74, 6) is -1.73. The first-order chi connectivity index (χ1) is 10.8. The lowest BCUT2D eigenvalue weighted by Crippen LogP contribution is -2.29. The molecule has 0 radical (unpaired) electrons. The van der Waals surface area contributed by atoms with Crippen LogP contribution < -0.4 is 15.8 Å². The Morgan fingerprint density at radius 2 is 1.96 bits per heavy atom. The molecule has 8 heteroatoms. The number of ether oxygens (including phenoxy) is 1. The molecule has 5 nitrogen and oxygen atoms in total. The molecule has 0 saturated heterocycles. The number of nitrogen functional groups attached to an aromatic ring is 1. The number of rotatable bonds is 3. The molecule has 0 aromatic heterocycles. The topological polar surface area (TPSA) is 88.1 Å². The first kappa shape index (κ1) is 16.2. The predicted octanol–water partition coefficient (Wildman–Crippen LogP) is 3.43. The highest BCUT2D eigenvalue weighted by Gasteiger charge is 2.38. The van der Waals surface area contributed by atoms with Gasteiger partial charge >= 0.3 is 12.1 Å². The van der Waals surface area contributed by atoms with Gasteiger partial charge in [-0.05, 0) is 30.3 Å². The molecule has 0 saturated carbocycles. The van der Waals surface area contributed by atoms with Crippen molar-refractivity contribution in [3.8, 4) is 17.6 Å². The van der Waals surface area contributed by atoms with E-state index in [4.69, 9.17) is 15.7 Å². The van der Waals surface area contributed by atoms with E-state index >= 15 is 0 Å². The number of carbonyl (C=O) groups excluding carboxylic acids is 1. The Labute approximate surface area is 129 Å². The Kier molecular flexibility index (Phi) is 4.41. The number of nitrogens with two attached hydrogens (primary N) is 1. The van der Waals surface area contributed by atoms with Gasteiger partial charge in [0.25, 0.3) is 0 Å². The lowest BCUT2D eigenvalue weighted by atomic mass is 10.2. The van der Waals surface area contributed by atoms with Crippen LogP contribution in [0.15, 0.2) is 42.5 Å². The van der Waals surface area contributed by atoms with Crippen molar-refractivity contribution < 1.29 is 22.7 Å². The monoisotopic (exact) mass is 321 g/mol. The molecule has 0 atom stereocenters. The summed E-state index contributed by atoms with van der Waals surface area (Å²) in [6.45, 7) is 0. The van der Waals surface area contributed by atoms with Crippen molar-refractivity contribution in [1.82, 2.24) is 0 Å². The highest BCUT2D eigenvalue weighted by Crippen LogP contribution is 2.28. The van der Waals surface area contributed by atoms with E-state index in [0.717, 1.165) is 0 Å². The summed E-state index contributed by atoms with van der Waals surface area (Å²) < 4.78 is 42.1. The molecule has 1 amide bonds. The van der Waals surface area contributed by atoms with Crippen LogP contribution in [0.4, 0.5) is 24.5 Å². The number of nitrogens with zero attached hydrogens (tertiary/aromatic N) is 1. The summed E-state index contributed by atoms with van der Waals surface area (Å²) in [5.41, 5.74) is 6.02. The smallest absolute Gasteiger partial charge is 0.456 e. The van der Waals surface area contributed by atoms with E-state index in [1.807, 2.05) is 6.07 Å². The summed E-state index contributed by atoms with van der Waals surface area (Å²) in [6, 6.07) is 11.7. The fourth-order valence-corrected chi connectivity index (χ4v) is 1.69. The Morgan fingerprint density at radius 1 is 1.22 bits per heavy atom. The normalized spacial score (nSPS) is 10.7. The molecule has 0 heterocycles. The quantitative estimate of drug-likeness (QED) is 0.848. The van der Waals surface area contributed by atoms with Gasteiger partial charge in [0.2, 0.25) is 0 Å². The minimum absolute atomic E-state index is 0.0845. The van der Waals surface area contributed by atoms with Crippen molar-refractivity contribution in [1.29, 1.82) is 5.26 Å². The van der Waals surface area contributed by atoms with Gasteiger partial charge in [0, 0.05) is 17.4 Å². The third-order valence-electron chi connectivity index (χ3n) is 2.70. The molecule has 0 spiro atoms. The maximum atomic E-state index is 12.2. The molecule has 0 bridgehead atoms. The Bertz CT molecular complexity index is 782. The summed E-state index contributed by atoms with van der Waals surface area (Å²) in [7, 11) is 0. The van der Waals surface area contributed by atoms with Crippen molar-refractivity contribution in [2.75, 3.05) is 11.1 Å².